The summed E-state index contributed by atoms with van der Waals surface area (Å²) in [5, 5.41) is 12.8. The Morgan fingerprint density at radius 2 is 1.84 bits per heavy atom. The molecule has 2 aliphatic carbocycles. The Labute approximate surface area is 184 Å². The molecule has 8 heteroatoms. The smallest absolute Gasteiger partial charge is 0.341 e. The van der Waals surface area contributed by atoms with Gasteiger partial charge < -0.3 is 19.9 Å². The molecule has 2 N–H and O–H groups in total. The molecule has 0 spiro atoms. The van der Waals surface area contributed by atoms with Crippen molar-refractivity contribution in [3.8, 4) is 16.9 Å². The number of carboxylic acids is 1. The van der Waals surface area contributed by atoms with Gasteiger partial charge >= 0.3 is 11.9 Å². The lowest BCUT2D eigenvalue weighted by atomic mass is 9.78. The normalized spacial score (nSPS) is 19.7. The van der Waals surface area contributed by atoms with Gasteiger partial charge in [0.05, 0.1) is 26.1 Å². The number of hydrogen-bond acceptors (Lipinski definition) is 6. The Bertz CT molecular complexity index is 1040. The van der Waals surface area contributed by atoms with Crippen molar-refractivity contribution in [2.75, 3.05) is 19.5 Å². The largest absolute Gasteiger partial charge is 0.497 e. The third-order valence-corrected chi connectivity index (χ3v) is 7.40. The number of thiophene rings is 1. The molecule has 7 nitrogen and oxygen atoms in total. The summed E-state index contributed by atoms with van der Waals surface area (Å²) in [6.45, 7) is 0. The Morgan fingerprint density at radius 1 is 1.10 bits per heavy atom. The van der Waals surface area contributed by atoms with Crippen molar-refractivity contribution < 1.29 is 29.0 Å². The molecule has 2 atom stereocenters. The first kappa shape index (κ1) is 21.4. The van der Waals surface area contributed by atoms with Gasteiger partial charge in [0.25, 0.3) is 0 Å². The van der Waals surface area contributed by atoms with Crippen LogP contribution in [0.1, 0.15) is 46.5 Å². The predicted octanol–water partition coefficient (Wildman–Crippen LogP) is 4.14. The van der Waals surface area contributed by atoms with Gasteiger partial charge in [-0.3, -0.25) is 9.59 Å². The molecule has 2 aliphatic rings. The van der Waals surface area contributed by atoms with E-state index in [2.05, 4.69) is 5.32 Å². The lowest BCUT2D eigenvalue weighted by Gasteiger charge is -2.27. The molecule has 0 aliphatic heterocycles. The van der Waals surface area contributed by atoms with Crippen LogP contribution in [0.3, 0.4) is 0 Å². The molecule has 4 rings (SSSR count). The van der Waals surface area contributed by atoms with Crippen molar-refractivity contribution >= 4 is 34.2 Å². The summed E-state index contributed by atoms with van der Waals surface area (Å²) in [5.41, 5.74) is 3.13. The fourth-order valence-corrected chi connectivity index (χ4v) is 5.87. The van der Waals surface area contributed by atoms with E-state index in [1.165, 1.54) is 18.4 Å². The number of rotatable bonds is 5. The maximum absolute atomic E-state index is 13.1. The predicted molar refractivity (Wildman–Crippen MR) is 117 cm³/mol. The van der Waals surface area contributed by atoms with E-state index in [1.54, 1.807) is 7.11 Å². The molecular formula is C23H25NO6S. The zero-order valence-electron chi connectivity index (χ0n) is 17.5. The van der Waals surface area contributed by atoms with Gasteiger partial charge in [0, 0.05) is 10.4 Å². The Kier molecular flexibility index (Phi) is 6.00. The highest BCUT2D eigenvalue weighted by Gasteiger charge is 2.37. The van der Waals surface area contributed by atoms with Crippen molar-refractivity contribution in [2.24, 2.45) is 11.8 Å². The third kappa shape index (κ3) is 3.92. The van der Waals surface area contributed by atoms with Crippen LogP contribution in [0.4, 0.5) is 5.00 Å². The lowest BCUT2D eigenvalue weighted by molar-refractivity contribution is -0.147. The fraction of sp³-hybridized carbons (Fsp3) is 0.435. The number of nitrogens with one attached hydrogen (secondary N) is 1. The Balaban J connectivity index is 1.72. The number of ether oxygens (including phenoxy) is 2. The fourth-order valence-electron chi connectivity index (χ4n) is 4.66. The van der Waals surface area contributed by atoms with E-state index in [9.17, 15) is 19.5 Å². The van der Waals surface area contributed by atoms with Gasteiger partial charge in [-0.05, 0) is 48.9 Å². The highest BCUT2D eigenvalue weighted by molar-refractivity contribution is 7.17. The van der Waals surface area contributed by atoms with Gasteiger partial charge in [0.1, 0.15) is 16.3 Å². The number of methoxy groups -OCH3 is 2. The van der Waals surface area contributed by atoms with Crippen molar-refractivity contribution in [1.29, 1.82) is 0 Å². The van der Waals surface area contributed by atoms with Crippen LogP contribution in [0.2, 0.25) is 0 Å². The molecule has 1 aromatic heterocycles. The number of esters is 1. The monoisotopic (exact) mass is 443 g/mol. The molecule has 0 unspecified atom stereocenters. The summed E-state index contributed by atoms with van der Waals surface area (Å²) < 4.78 is 10.4. The van der Waals surface area contributed by atoms with Crippen molar-refractivity contribution in [2.45, 2.75) is 38.5 Å². The minimum atomic E-state index is -0.943. The number of carboxylic acid groups (broad SMARTS) is 1. The topological polar surface area (TPSA) is 102 Å². The Morgan fingerprint density at radius 3 is 2.52 bits per heavy atom. The number of aryl methyl sites for hydroxylation is 2. The van der Waals surface area contributed by atoms with E-state index in [0.29, 0.717) is 23.4 Å². The average molecular weight is 444 g/mol. The number of benzene rings is 1. The molecule has 0 bridgehead atoms. The van der Waals surface area contributed by atoms with Crippen LogP contribution in [-0.4, -0.2) is 37.2 Å². The van der Waals surface area contributed by atoms with Crippen molar-refractivity contribution in [3.63, 3.8) is 0 Å². The molecule has 1 amide bonds. The lowest BCUT2D eigenvalue weighted by Crippen LogP contribution is -2.36. The summed E-state index contributed by atoms with van der Waals surface area (Å²) in [4.78, 5) is 38.4. The first-order valence-corrected chi connectivity index (χ1v) is 11.2. The van der Waals surface area contributed by atoms with E-state index < -0.39 is 23.8 Å². The number of aliphatic carboxylic acids is 1. The van der Waals surface area contributed by atoms with Crippen LogP contribution in [0.15, 0.2) is 18.2 Å². The van der Waals surface area contributed by atoms with E-state index in [-0.39, 0.29) is 5.91 Å². The number of anilines is 1. The molecule has 31 heavy (non-hydrogen) atoms. The summed E-state index contributed by atoms with van der Waals surface area (Å²) >= 11 is 1.37. The highest BCUT2D eigenvalue weighted by Crippen LogP contribution is 2.46. The summed E-state index contributed by atoms with van der Waals surface area (Å²) in [6, 6.07) is 5.75. The van der Waals surface area contributed by atoms with Crippen molar-refractivity contribution in [3.05, 3.63) is 34.2 Å². The molecule has 0 radical (unpaired) electrons. The molecule has 0 saturated heterocycles. The van der Waals surface area contributed by atoms with Crippen molar-refractivity contribution in [1.82, 2.24) is 0 Å². The van der Waals surface area contributed by atoms with E-state index in [4.69, 9.17) is 9.47 Å². The zero-order chi connectivity index (χ0) is 22.1. The van der Waals surface area contributed by atoms with Gasteiger partial charge in [-0.2, -0.15) is 0 Å². The van der Waals surface area contributed by atoms with Gasteiger partial charge in [-0.1, -0.05) is 18.9 Å². The summed E-state index contributed by atoms with van der Waals surface area (Å²) in [7, 11) is 2.93. The van der Waals surface area contributed by atoms with Gasteiger partial charge in [0.15, 0.2) is 0 Å². The minimum Gasteiger partial charge on any atom is -0.497 e. The minimum absolute atomic E-state index is 0.338. The maximum atomic E-state index is 13.1. The van der Waals surface area contributed by atoms with E-state index in [1.807, 2.05) is 18.2 Å². The molecule has 1 heterocycles. The number of fused-ring (bicyclic) bond motifs is 3. The number of hydrogen-bond donors (Lipinski definition) is 2. The highest BCUT2D eigenvalue weighted by atomic mass is 32.1. The second-order valence-corrected chi connectivity index (χ2v) is 9.05. The molecule has 1 aromatic carbocycles. The van der Waals surface area contributed by atoms with Gasteiger partial charge in [-0.15, -0.1) is 11.3 Å². The standard InChI is InChI=1S/C23H25NO6S/c1-29-13-8-9-14-12(11-13)7-10-17-18(14)19(23(28)30-2)21(31-17)24-20(25)15-5-3-4-6-16(15)22(26)27/h8-9,11,15-16H,3-7,10H2,1-2H3,(H,24,25)(H,26,27)/t15-,16+/m0/s1. The molecule has 2 aromatic rings. The van der Waals surface area contributed by atoms with E-state index in [0.717, 1.165) is 53.0 Å². The van der Waals surface area contributed by atoms with Crippen LogP contribution in [0, 0.1) is 11.8 Å². The quantitative estimate of drug-likeness (QED) is 0.674. The SMILES string of the molecule is COC(=O)c1c(NC(=O)[C@H]2CCCC[C@H]2C(=O)O)sc2c1-c1ccc(OC)cc1CC2. The van der Waals surface area contributed by atoms with E-state index >= 15 is 0 Å². The second kappa shape index (κ2) is 8.70. The number of carbonyl (C=O) groups is 3. The maximum Gasteiger partial charge on any atom is 0.341 e. The molecule has 1 saturated carbocycles. The van der Waals surface area contributed by atoms with Crippen LogP contribution in [0.25, 0.3) is 11.1 Å². The Hall–Kier alpha value is -2.87. The first-order valence-electron chi connectivity index (χ1n) is 10.4. The number of carbonyl (C=O) groups excluding carboxylic acids is 2. The second-order valence-electron chi connectivity index (χ2n) is 7.94. The van der Waals surface area contributed by atoms with Crippen LogP contribution in [-0.2, 0) is 27.2 Å². The van der Waals surface area contributed by atoms with Gasteiger partial charge in [-0.25, -0.2) is 4.79 Å². The average Bonchev–Trinajstić information content (AvgIpc) is 3.16. The van der Waals surface area contributed by atoms with Gasteiger partial charge in [0.2, 0.25) is 5.91 Å². The number of amides is 1. The molecule has 1 fully saturated rings. The summed E-state index contributed by atoms with van der Waals surface area (Å²) in [6.07, 6.45) is 4.19. The van der Waals surface area contributed by atoms with Crippen LogP contribution < -0.4 is 10.1 Å². The van der Waals surface area contributed by atoms with Crippen LogP contribution in [0.5, 0.6) is 5.75 Å². The first-order chi connectivity index (χ1) is 14.9. The van der Waals surface area contributed by atoms with Crippen LogP contribution >= 0.6 is 11.3 Å². The third-order valence-electron chi connectivity index (χ3n) is 6.23. The summed E-state index contributed by atoms with van der Waals surface area (Å²) in [5.74, 6) is -2.35. The molecule has 164 valence electrons. The zero-order valence-corrected chi connectivity index (χ0v) is 18.3. The molecular weight excluding hydrogens is 418 g/mol.